The standard InChI is InChI=1S/C7H6N2O.ClH/c10-6-2-1-5-4-8-9-7(5)3-6;/h1-2,4H,3H2,(H,8,9);1H. The number of halogens is 1. The predicted molar refractivity (Wildman–Crippen MR) is 43.6 cm³/mol. The van der Waals surface area contributed by atoms with Gasteiger partial charge in [0.2, 0.25) is 0 Å². The molecule has 11 heavy (non-hydrogen) atoms. The van der Waals surface area contributed by atoms with E-state index in [0.717, 1.165) is 11.3 Å². The highest BCUT2D eigenvalue weighted by atomic mass is 35.5. The Hall–Kier alpha value is -1.09. The van der Waals surface area contributed by atoms with Gasteiger partial charge in [0, 0.05) is 5.56 Å². The summed E-state index contributed by atoms with van der Waals surface area (Å²) in [4.78, 5) is 10.8. The number of carbonyl (C=O) groups is 1. The molecule has 0 aliphatic heterocycles. The van der Waals surface area contributed by atoms with Crippen LogP contribution in [0, 0.1) is 0 Å². The van der Waals surface area contributed by atoms with Crippen LogP contribution in [0.5, 0.6) is 0 Å². The highest BCUT2D eigenvalue weighted by molar-refractivity contribution is 5.97. The van der Waals surface area contributed by atoms with E-state index in [9.17, 15) is 4.79 Å². The van der Waals surface area contributed by atoms with Crippen molar-refractivity contribution in [3.63, 3.8) is 0 Å². The lowest BCUT2D eigenvalue weighted by molar-refractivity contribution is -0.114. The molecule has 0 bridgehead atoms. The Bertz CT molecular complexity index is 303. The third kappa shape index (κ3) is 1.33. The number of fused-ring (bicyclic) bond motifs is 1. The first-order valence-corrected chi connectivity index (χ1v) is 3.09. The van der Waals surface area contributed by atoms with Gasteiger partial charge in [-0.25, -0.2) is 0 Å². The van der Waals surface area contributed by atoms with Gasteiger partial charge in [-0.3, -0.25) is 9.89 Å². The van der Waals surface area contributed by atoms with Crippen molar-refractivity contribution in [3.05, 3.63) is 23.5 Å². The molecule has 1 aromatic rings. The maximum absolute atomic E-state index is 10.8. The summed E-state index contributed by atoms with van der Waals surface area (Å²) in [6.45, 7) is 0. The Morgan fingerprint density at radius 3 is 3.09 bits per heavy atom. The van der Waals surface area contributed by atoms with Crippen LogP contribution < -0.4 is 0 Å². The van der Waals surface area contributed by atoms with Gasteiger partial charge < -0.3 is 0 Å². The SMILES string of the molecule is Cl.O=C1C=Cc2cn[nH]c2C1. The molecular formula is C7H7ClN2O. The summed E-state index contributed by atoms with van der Waals surface area (Å²) < 4.78 is 0. The van der Waals surface area contributed by atoms with E-state index < -0.39 is 0 Å². The van der Waals surface area contributed by atoms with E-state index >= 15 is 0 Å². The van der Waals surface area contributed by atoms with Crippen molar-refractivity contribution in [2.45, 2.75) is 6.42 Å². The summed E-state index contributed by atoms with van der Waals surface area (Å²) >= 11 is 0. The number of nitrogens with one attached hydrogen (secondary N) is 1. The quantitative estimate of drug-likeness (QED) is 0.631. The third-order valence-corrected chi connectivity index (χ3v) is 1.55. The summed E-state index contributed by atoms with van der Waals surface area (Å²) in [5.41, 5.74) is 1.95. The number of hydrogen-bond acceptors (Lipinski definition) is 2. The van der Waals surface area contributed by atoms with Crippen molar-refractivity contribution >= 4 is 24.3 Å². The topological polar surface area (TPSA) is 45.8 Å². The molecule has 0 fully saturated rings. The number of aromatic nitrogens is 2. The molecule has 2 rings (SSSR count). The van der Waals surface area contributed by atoms with Gasteiger partial charge >= 0.3 is 0 Å². The molecule has 1 aliphatic carbocycles. The molecule has 0 spiro atoms. The molecule has 4 heteroatoms. The second kappa shape index (κ2) is 2.88. The predicted octanol–water partition coefficient (Wildman–Crippen LogP) is 0.970. The zero-order valence-electron chi connectivity index (χ0n) is 5.70. The van der Waals surface area contributed by atoms with E-state index in [4.69, 9.17) is 0 Å². The first-order valence-electron chi connectivity index (χ1n) is 3.09. The third-order valence-electron chi connectivity index (χ3n) is 1.55. The molecule has 0 unspecified atom stereocenters. The second-order valence-corrected chi connectivity index (χ2v) is 2.28. The molecule has 0 atom stereocenters. The maximum atomic E-state index is 10.8. The molecular weight excluding hydrogens is 164 g/mol. The van der Waals surface area contributed by atoms with Gasteiger partial charge in [0.15, 0.2) is 5.78 Å². The first kappa shape index (κ1) is 8.01. The molecule has 58 valence electrons. The average molecular weight is 171 g/mol. The van der Waals surface area contributed by atoms with Gasteiger partial charge in [0.25, 0.3) is 0 Å². The highest BCUT2D eigenvalue weighted by Gasteiger charge is 2.10. The van der Waals surface area contributed by atoms with Crippen LogP contribution in [0.15, 0.2) is 12.3 Å². The van der Waals surface area contributed by atoms with Crippen molar-refractivity contribution in [1.82, 2.24) is 10.2 Å². The molecule has 0 amide bonds. The van der Waals surface area contributed by atoms with Crippen LogP contribution >= 0.6 is 12.4 Å². The van der Waals surface area contributed by atoms with E-state index in [1.54, 1.807) is 18.3 Å². The van der Waals surface area contributed by atoms with Crippen molar-refractivity contribution in [1.29, 1.82) is 0 Å². The van der Waals surface area contributed by atoms with E-state index in [0.29, 0.717) is 6.42 Å². The van der Waals surface area contributed by atoms with Crippen LogP contribution in [0.4, 0.5) is 0 Å². The van der Waals surface area contributed by atoms with Gasteiger partial charge in [-0.05, 0) is 12.2 Å². The van der Waals surface area contributed by atoms with Crippen molar-refractivity contribution in [2.75, 3.05) is 0 Å². The van der Waals surface area contributed by atoms with Crippen LogP contribution in [0.1, 0.15) is 11.3 Å². The maximum Gasteiger partial charge on any atom is 0.161 e. The summed E-state index contributed by atoms with van der Waals surface area (Å²) in [6.07, 6.45) is 5.55. The van der Waals surface area contributed by atoms with Gasteiger partial charge in [-0.2, -0.15) is 5.10 Å². The van der Waals surface area contributed by atoms with Crippen LogP contribution in [0.3, 0.4) is 0 Å². The first-order chi connectivity index (χ1) is 4.86. The minimum absolute atomic E-state index is 0. The number of nitrogens with zero attached hydrogens (tertiary/aromatic N) is 1. The molecule has 1 aliphatic rings. The Kier molecular flexibility index (Phi) is 2.10. The fourth-order valence-corrected chi connectivity index (χ4v) is 1.02. The summed E-state index contributed by atoms with van der Waals surface area (Å²) in [5, 5.41) is 6.58. The second-order valence-electron chi connectivity index (χ2n) is 2.28. The molecule has 1 heterocycles. The monoisotopic (exact) mass is 170 g/mol. The van der Waals surface area contributed by atoms with Crippen molar-refractivity contribution in [3.8, 4) is 0 Å². The average Bonchev–Trinajstić information content (AvgIpc) is 2.33. The zero-order valence-corrected chi connectivity index (χ0v) is 6.52. The number of allylic oxidation sites excluding steroid dienone is 1. The Morgan fingerprint density at radius 2 is 2.27 bits per heavy atom. The number of carbonyl (C=O) groups excluding carboxylic acids is 1. The van der Waals surface area contributed by atoms with Gasteiger partial charge in [-0.15, -0.1) is 12.4 Å². The number of aromatic amines is 1. The van der Waals surface area contributed by atoms with E-state index in [1.165, 1.54) is 0 Å². The fourth-order valence-electron chi connectivity index (χ4n) is 1.02. The van der Waals surface area contributed by atoms with Gasteiger partial charge in [-0.1, -0.05) is 0 Å². The zero-order chi connectivity index (χ0) is 6.97. The summed E-state index contributed by atoms with van der Waals surface area (Å²) in [6, 6.07) is 0. The van der Waals surface area contributed by atoms with Crippen molar-refractivity contribution in [2.24, 2.45) is 0 Å². The van der Waals surface area contributed by atoms with Crippen LogP contribution in [0.2, 0.25) is 0 Å². The molecule has 1 aromatic heterocycles. The van der Waals surface area contributed by atoms with E-state index in [1.807, 2.05) is 0 Å². The molecule has 3 nitrogen and oxygen atoms in total. The summed E-state index contributed by atoms with van der Waals surface area (Å²) in [5.74, 6) is 0.136. The molecule has 1 N–H and O–H groups in total. The lowest BCUT2D eigenvalue weighted by Gasteiger charge is -1.99. The number of H-pyrrole nitrogens is 1. The Labute approximate surface area is 69.9 Å². The number of ketones is 1. The largest absolute Gasteiger partial charge is 0.294 e. The van der Waals surface area contributed by atoms with Gasteiger partial charge in [0.05, 0.1) is 18.3 Å². The smallest absolute Gasteiger partial charge is 0.161 e. The lowest BCUT2D eigenvalue weighted by Crippen LogP contribution is -2.03. The molecule has 0 radical (unpaired) electrons. The summed E-state index contributed by atoms with van der Waals surface area (Å²) in [7, 11) is 0. The number of hydrogen-bond donors (Lipinski definition) is 1. The lowest BCUT2D eigenvalue weighted by atomic mass is 10.1. The minimum Gasteiger partial charge on any atom is -0.294 e. The molecule has 0 saturated heterocycles. The number of rotatable bonds is 0. The molecule has 0 aromatic carbocycles. The van der Waals surface area contributed by atoms with E-state index in [2.05, 4.69) is 10.2 Å². The van der Waals surface area contributed by atoms with E-state index in [-0.39, 0.29) is 18.2 Å². The van der Waals surface area contributed by atoms with Gasteiger partial charge in [0.1, 0.15) is 0 Å². The van der Waals surface area contributed by atoms with Crippen LogP contribution in [0.25, 0.3) is 6.08 Å². The van der Waals surface area contributed by atoms with Crippen molar-refractivity contribution < 1.29 is 4.79 Å². The minimum atomic E-state index is 0. The van der Waals surface area contributed by atoms with Crippen LogP contribution in [-0.4, -0.2) is 16.0 Å². The molecule has 0 saturated carbocycles. The normalized spacial score (nSPS) is 14.0. The Balaban J connectivity index is 0.000000605. The highest BCUT2D eigenvalue weighted by Crippen LogP contribution is 2.12. The fraction of sp³-hybridized carbons (Fsp3) is 0.143. The Morgan fingerprint density at radius 1 is 1.45 bits per heavy atom. The van der Waals surface area contributed by atoms with Crippen LogP contribution in [-0.2, 0) is 11.2 Å².